The van der Waals surface area contributed by atoms with Crippen molar-refractivity contribution in [2.24, 2.45) is 0 Å². The maximum Gasteiger partial charge on any atom is 0.418 e. The smallest absolute Gasteiger partial charge is 0.418 e. The predicted octanol–water partition coefficient (Wildman–Crippen LogP) is 2.83. The molecule has 1 N–H and O–H groups in total. The average molecular weight is 311 g/mol. The van der Waals surface area contributed by atoms with Crippen LogP contribution in [-0.2, 0) is 9.53 Å². The third-order valence-electron chi connectivity index (χ3n) is 3.98. The zero-order valence-electron chi connectivity index (χ0n) is 12.6. The Morgan fingerprint density at radius 1 is 1.00 bits per heavy atom. The highest BCUT2D eigenvalue weighted by Gasteiger charge is 2.45. The van der Waals surface area contributed by atoms with Crippen molar-refractivity contribution in [3.63, 3.8) is 0 Å². The van der Waals surface area contributed by atoms with Gasteiger partial charge in [-0.2, -0.15) is 0 Å². The molecule has 1 heterocycles. The first-order valence-electron chi connectivity index (χ1n) is 7.41. The lowest BCUT2D eigenvalue weighted by Crippen LogP contribution is -2.41. The number of aliphatic hydroxyl groups excluding tert-OH is 1. The molecule has 3 unspecified atom stereocenters. The van der Waals surface area contributed by atoms with Crippen molar-refractivity contribution in [2.75, 3.05) is 0 Å². The number of carbonyl (C=O) groups is 2. The number of rotatable bonds is 4. The third kappa shape index (κ3) is 2.83. The molecule has 2 aromatic rings. The van der Waals surface area contributed by atoms with Gasteiger partial charge < -0.3 is 9.84 Å². The first-order chi connectivity index (χ1) is 11.1. The van der Waals surface area contributed by atoms with Crippen LogP contribution in [0.4, 0.5) is 4.79 Å². The van der Waals surface area contributed by atoms with Crippen LogP contribution in [0.1, 0.15) is 30.3 Å². The number of hydrogen-bond donors (Lipinski definition) is 1. The number of imide groups is 1. The molecular formula is C18H17NO4. The Labute approximate surface area is 134 Å². The molecule has 0 spiro atoms. The first kappa shape index (κ1) is 15.2. The second kappa shape index (κ2) is 6.22. The van der Waals surface area contributed by atoms with Gasteiger partial charge in [0, 0.05) is 5.56 Å². The molecule has 23 heavy (non-hydrogen) atoms. The van der Waals surface area contributed by atoms with Crippen LogP contribution in [0.25, 0.3) is 0 Å². The number of hydrogen-bond acceptors (Lipinski definition) is 4. The quantitative estimate of drug-likeness (QED) is 0.943. The van der Waals surface area contributed by atoms with Gasteiger partial charge in [-0.15, -0.1) is 0 Å². The monoisotopic (exact) mass is 311 g/mol. The maximum atomic E-state index is 12.6. The molecule has 5 nitrogen and oxygen atoms in total. The minimum Gasteiger partial charge on any atom is -0.431 e. The molecule has 0 bridgehead atoms. The minimum absolute atomic E-state index is 0.455. The van der Waals surface area contributed by atoms with Gasteiger partial charge in [-0.25, -0.2) is 9.69 Å². The summed E-state index contributed by atoms with van der Waals surface area (Å²) >= 11 is 0. The fourth-order valence-electron chi connectivity index (χ4n) is 2.70. The number of nitrogens with zero attached hydrogens (tertiary/aromatic N) is 1. The molecule has 5 heteroatoms. The lowest BCUT2D eigenvalue weighted by atomic mass is 10.0. The molecule has 2 aromatic carbocycles. The van der Waals surface area contributed by atoms with E-state index in [1.165, 1.54) is 0 Å². The van der Waals surface area contributed by atoms with E-state index in [-0.39, 0.29) is 0 Å². The van der Waals surface area contributed by atoms with Crippen molar-refractivity contribution >= 4 is 12.0 Å². The van der Waals surface area contributed by atoms with Crippen LogP contribution in [0, 0.1) is 0 Å². The Hall–Kier alpha value is -2.66. The van der Waals surface area contributed by atoms with E-state index in [0.717, 1.165) is 4.90 Å². The zero-order chi connectivity index (χ0) is 16.4. The number of benzene rings is 2. The van der Waals surface area contributed by atoms with Crippen LogP contribution in [0.15, 0.2) is 60.7 Å². The summed E-state index contributed by atoms with van der Waals surface area (Å²) in [5.74, 6) is -0.455. The minimum atomic E-state index is -0.970. The summed E-state index contributed by atoms with van der Waals surface area (Å²) in [5.41, 5.74) is 1.26. The van der Waals surface area contributed by atoms with Gasteiger partial charge in [-0.3, -0.25) is 4.79 Å². The lowest BCUT2D eigenvalue weighted by molar-refractivity contribution is -0.132. The summed E-state index contributed by atoms with van der Waals surface area (Å²) in [6.07, 6.45) is -2.65. The summed E-state index contributed by atoms with van der Waals surface area (Å²) < 4.78 is 5.21. The van der Waals surface area contributed by atoms with Crippen molar-refractivity contribution in [3.05, 3.63) is 71.8 Å². The van der Waals surface area contributed by atoms with Crippen LogP contribution >= 0.6 is 0 Å². The molecule has 1 aliphatic heterocycles. The molecule has 1 saturated heterocycles. The van der Waals surface area contributed by atoms with E-state index in [4.69, 9.17) is 4.74 Å². The molecule has 0 radical (unpaired) electrons. The van der Waals surface area contributed by atoms with Crippen LogP contribution in [0.3, 0.4) is 0 Å². The van der Waals surface area contributed by atoms with E-state index in [1.807, 2.05) is 12.1 Å². The largest absolute Gasteiger partial charge is 0.431 e. The molecule has 118 valence electrons. The molecular weight excluding hydrogens is 294 g/mol. The Bertz CT molecular complexity index is 701. The fraction of sp³-hybridized carbons (Fsp3) is 0.222. The summed E-state index contributed by atoms with van der Waals surface area (Å²) in [7, 11) is 0. The summed E-state index contributed by atoms with van der Waals surface area (Å²) in [6.45, 7) is 1.63. The Kier molecular flexibility index (Phi) is 4.12. The molecule has 3 atom stereocenters. The second-order valence-corrected chi connectivity index (χ2v) is 5.48. The predicted molar refractivity (Wildman–Crippen MR) is 83.4 cm³/mol. The summed E-state index contributed by atoms with van der Waals surface area (Å²) in [4.78, 5) is 25.7. The van der Waals surface area contributed by atoms with Crippen LogP contribution in [-0.4, -0.2) is 28.0 Å². The van der Waals surface area contributed by atoms with E-state index in [2.05, 4.69) is 0 Å². The molecule has 0 aliphatic carbocycles. The number of cyclic esters (lactones) is 1. The highest BCUT2D eigenvalue weighted by Crippen LogP contribution is 2.32. The topological polar surface area (TPSA) is 66.8 Å². The summed E-state index contributed by atoms with van der Waals surface area (Å²) in [6, 6.07) is 17.1. The van der Waals surface area contributed by atoms with Crippen molar-refractivity contribution in [1.82, 2.24) is 4.90 Å². The summed E-state index contributed by atoms with van der Waals surface area (Å²) in [5, 5.41) is 10.4. The van der Waals surface area contributed by atoms with Gasteiger partial charge in [0.2, 0.25) is 6.10 Å². The highest BCUT2D eigenvalue weighted by atomic mass is 16.6. The van der Waals surface area contributed by atoms with E-state index in [9.17, 15) is 14.7 Å². The molecule has 1 aliphatic rings. The van der Waals surface area contributed by atoms with E-state index < -0.39 is 30.3 Å². The van der Waals surface area contributed by atoms with Crippen molar-refractivity contribution in [1.29, 1.82) is 0 Å². The highest BCUT2D eigenvalue weighted by molar-refractivity contribution is 6.01. The average Bonchev–Trinajstić information content (AvgIpc) is 2.89. The fourth-order valence-corrected chi connectivity index (χ4v) is 2.70. The van der Waals surface area contributed by atoms with Gasteiger partial charge in [0.05, 0.1) is 12.1 Å². The number of carbonyl (C=O) groups excluding carboxylic acids is 2. The molecule has 3 rings (SSSR count). The molecule has 2 amide bonds. The Morgan fingerprint density at radius 2 is 1.57 bits per heavy atom. The molecule has 0 saturated carbocycles. The first-order valence-corrected chi connectivity index (χ1v) is 7.41. The lowest BCUT2D eigenvalue weighted by Gasteiger charge is -2.25. The van der Waals surface area contributed by atoms with Crippen LogP contribution in [0.2, 0.25) is 0 Å². The number of aliphatic hydroxyl groups is 1. The standard InChI is InChI=1S/C18H17NO4/c1-12(15(20)13-8-4-2-5-9-13)19-17(21)16(23-18(19)22)14-10-6-3-7-11-14/h2-12,15-16,20H,1H3. The van der Waals surface area contributed by atoms with Crippen molar-refractivity contribution in [3.8, 4) is 0 Å². The Balaban J connectivity index is 1.83. The van der Waals surface area contributed by atoms with Gasteiger partial charge in [-0.05, 0) is 12.5 Å². The van der Waals surface area contributed by atoms with Gasteiger partial charge >= 0.3 is 6.09 Å². The van der Waals surface area contributed by atoms with Gasteiger partial charge in [-0.1, -0.05) is 60.7 Å². The van der Waals surface area contributed by atoms with Gasteiger partial charge in [0.25, 0.3) is 5.91 Å². The maximum absolute atomic E-state index is 12.6. The molecule has 0 aromatic heterocycles. The molecule has 1 fully saturated rings. The number of amides is 2. The van der Waals surface area contributed by atoms with Gasteiger partial charge in [0.1, 0.15) is 0 Å². The van der Waals surface area contributed by atoms with Crippen molar-refractivity contribution < 1.29 is 19.4 Å². The normalized spacial score (nSPS) is 20.3. The van der Waals surface area contributed by atoms with E-state index in [0.29, 0.717) is 11.1 Å². The third-order valence-corrected chi connectivity index (χ3v) is 3.98. The van der Waals surface area contributed by atoms with Gasteiger partial charge in [0.15, 0.2) is 0 Å². The van der Waals surface area contributed by atoms with E-state index >= 15 is 0 Å². The SMILES string of the molecule is CC(C(O)c1ccccc1)N1C(=O)OC(c2ccccc2)C1=O. The number of ether oxygens (including phenoxy) is 1. The van der Waals surface area contributed by atoms with Crippen LogP contribution < -0.4 is 0 Å². The second-order valence-electron chi connectivity index (χ2n) is 5.48. The zero-order valence-corrected chi connectivity index (χ0v) is 12.6. The Morgan fingerprint density at radius 3 is 2.17 bits per heavy atom. The van der Waals surface area contributed by atoms with E-state index in [1.54, 1.807) is 55.5 Å². The van der Waals surface area contributed by atoms with Crippen LogP contribution in [0.5, 0.6) is 0 Å². The van der Waals surface area contributed by atoms with Crippen molar-refractivity contribution in [2.45, 2.75) is 25.2 Å².